The van der Waals surface area contributed by atoms with Gasteiger partial charge in [-0.1, -0.05) is 156 Å². The Morgan fingerprint density at radius 3 is 2.05 bits per heavy atom. The van der Waals surface area contributed by atoms with Crippen molar-refractivity contribution in [3.8, 4) is 67.5 Å². The predicted octanol–water partition coefficient (Wildman–Crippen LogP) is 13.3. The van der Waals surface area contributed by atoms with Crippen LogP contribution in [-0.2, 0) is 21.1 Å². The molecule has 0 aliphatic rings. The number of para-hydroxylation sites is 3. The van der Waals surface area contributed by atoms with Crippen molar-refractivity contribution in [1.82, 2.24) is 14.5 Å². The summed E-state index contributed by atoms with van der Waals surface area (Å²) in [5, 5.41) is 15.7. The number of hydrogen-bond donors (Lipinski definition) is 1. The molecule has 0 saturated carbocycles. The van der Waals surface area contributed by atoms with E-state index in [0.29, 0.717) is 11.4 Å². The second kappa shape index (κ2) is 14.5. The zero-order chi connectivity index (χ0) is 37.9. The number of phenols is 1. The van der Waals surface area contributed by atoms with Crippen molar-refractivity contribution in [2.75, 3.05) is 0 Å². The van der Waals surface area contributed by atoms with E-state index in [1.54, 1.807) is 6.07 Å². The Balaban J connectivity index is 0.00000408. The minimum absolute atomic E-state index is 0. The van der Waals surface area contributed by atoms with Crippen molar-refractivity contribution in [2.45, 2.75) is 0 Å². The maximum atomic E-state index is 11.3. The summed E-state index contributed by atoms with van der Waals surface area (Å²) in [6.45, 7) is 0. The zero-order valence-electron chi connectivity index (χ0n) is 30.9. The molecule has 3 aromatic heterocycles. The van der Waals surface area contributed by atoms with Crippen molar-refractivity contribution in [1.29, 1.82) is 0 Å². The summed E-state index contributed by atoms with van der Waals surface area (Å²) in [5.74, 6) is 0.804. The number of phenolic OH excluding ortho intramolecular Hbond substituents is 1. The van der Waals surface area contributed by atoms with E-state index in [4.69, 9.17) is 14.4 Å². The van der Waals surface area contributed by atoms with Crippen LogP contribution in [-0.4, -0.2) is 19.6 Å². The molecule has 0 atom stereocenters. The Hall–Kier alpha value is -7.07. The van der Waals surface area contributed by atoms with Crippen LogP contribution in [0.25, 0.3) is 105 Å². The molecule has 58 heavy (non-hydrogen) atoms. The number of furan rings is 1. The summed E-state index contributed by atoms with van der Waals surface area (Å²) >= 11 is 0. The largest absolute Gasteiger partial charge is 0.507 e. The fourth-order valence-electron chi connectivity index (χ4n) is 8.18. The molecular weight excluding hydrogens is 894 g/mol. The number of fused-ring (bicyclic) bond motifs is 6. The van der Waals surface area contributed by atoms with E-state index in [-0.39, 0.29) is 26.8 Å². The molecule has 3 heterocycles. The topological polar surface area (TPSA) is 64.1 Å². The van der Waals surface area contributed by atoms with Crippen molar-refractivity contribution >= 4 is 43.7 Å². The standard InChI is InChI=1S/C52H32N3O2.Pt/c56-47-25-12-10-21-42(47)52-54-51-41(22-13-24-46(51)55(52)45-23-11-9-19-39(45)34-16-5-2-6-17-34)37-28-36(33-14-3-1-4-15-33)29-38(30-37)44-31-43-49(32-53-44)57-48-27-26-35-18-7-8-20-40(35)50(43)48;/h1-29,31-32,56H;/q-1;. The monoisotopic (exact) mass is 925 g/mol. The molecule has 0 spiro atoms. The number of aromatic hydroxyl groups is 1. The van der Waals surface area contributed by atoms with Gasteiger partial charge in [0.2, 0.25) is 0 Å². The normalized spacial score (nSPS) is 11.4. The van der Waals surface area contributed by atoms with Crippen molar-refractivity contribution < 1.29 is 30.6 Å². The van der Waals surface area contributed by atoms with Crippen molar-refractivity contribution in [2.24, 2.45) is 0 Å². The molecule has 5 nitrogen and oxygen atoms in total. The molecule has 0 amide bonds. The van der Waals surface area contributed by atoms with Gasteiger partial charge in [-0.3, -0.25) is 9.55 Å². The molecule has 0 bridgehead atoms. The second-order valence-electron chi connectivity index (χ2n) is 14.2. The van der Waals surface area contributed by atoms with E-state index in [9.17, 15) is 5.11 Å². The maximum Gasteiger partial charge on any atom is 0.152 e. The first kappa shape index (κ1) is 35.3. The van der Waals surface area contributed by atoms with Crippen LogP contribution in [0.1, 0.15) is 0 Å². The molecule has 0 unspecified atom stereocenters. The average Bonchev–Trinajstić information content (AvgIpc) is 3.86. The molecule has 0 aliphatic heterocycles. The smallest absolute Gasteiger partial charge is 0.152 e. The Kier molecular flexibility index (Phi) is 8.81. The minimum atomic E-state index is 0. The van der Waals surface area contributed by atoms with E-state index >= 15 is 0 Å². The number of imidazole rings is 1. The van der Waals surface area contributed by atoms with Crippen LogP contribution in [0, 0.1) is 6.07 Å². The van der Waals surface area contributed by atoms with Crippen LogP contribution in [0.15, 0.2) is 193 Å². The molecule has 0 radical (unpaired) electrons. The van der Waals surface area contributed by atoms with E-state index in [2.05, 4.69) is 144 Å². The van der Waals surface area contributed by atoms with Gasteiger partial charge < -0.3 is 9.52 Å². The Bertz CT molecular complexity index is 3320. The van der Waals surface area contributed by atoms with Crippen molar-refractivity contribution in [3.05, 3.63) is 194 Å². The molecule has 11 aromatic rings. The first-order chi connectivity index (χ1) is 28.2. The van der Waals surface area contributed by atoms with E-state index in [0.717, 1.165) is 94.1 Å². The Morgan fingerprint density at radius 2 is 1.22 bits per heavy atom. The SMILES string of the molecule is Oc1ccccc1-c1nc2c(-c3[c-]c(-c4cc5c(cn4)oc4ccc6ccccc6c45)cc(-c4ccccc4)c3)cccc2n1-c1ccccc1-c1ccccc1.[Pt]. The number of rotatable bonds is 6. The van der Waals surface area contributed by atoms with Crippen LogP contribution in [0.2, 0.25) is 0 Å². The second-order valence-corrected chi connectivity index (χ2v) is 14.2. The molecule has 8 aromatic carbocycles. The molecule has 0 fully saturated rings. The van der Waals surface area contributed by atoms with Crippen LogP contribution < -0.4 is 0 Å². The summed E-state index contributed by atoms with van der Waals surface area (Å²) in [4.78, 5) is 10.3. The van der Waals surface area contributed by atoms with Crippen LogP contribution in [0.3, 0.4) is 0 Å². The zero-order valence-corrected chi connectivity index (χ0v) is 33.2. The van der Waals surface area contributed by atoms with Gasteiger partial charge in [-0.2, -0.15) is 0 Å². The first-order valence-electron chi connectivity index (χ1n) is 19.0. The summed E-state index contributed by atoms with van der Waals surface area (Å²) in [6, 6.07) is 65.6. The van der Waals surface area contributed by atoms with Gasteiger partial charge in [0.1, 0.15) is 17.2 Å². The number of aromatic nitrogens is 3. The third-order valence-electron chi connectivity index (χ3n) is 10.8. The van der Waals surface area contributed by atoms with Gasteiger partial charge in [0.15, 0.2) is 5.58 Å². The van der Waals surface area contributed by atoms with Gasteiger partial charge in [0, 0.05) is 43.1 Å². The number of hydrogen-bond acceptors (Lipinski definition) is 4. The molecule has 0 aliphatic carbocycles. The summed E-state index contributed by atoms with van der Waals surface area (Å²) in [5.41, 5.74) is 12.6. The Morgan fingerprint density at radius 1 is 0.534 bits per heavy atom. The van der Waals surface area contributed by atoms with E-state index in [1.165, 1.54) is 0 Å². The Labute approximate surface area is 348 Å². The number of benzene rings is 8. The molecule has 11 rings (SSSR count). The minimum Gasteiger partial charge on any atom is -0.507 e. The summed E-state index contributed by atoms with van der Waals surface area (Å²) < 4.78 is 8.48. The fraction of sp³-hybridized carbons (Fsp3) is 0. The number of pyridine rings is 1. The van der Waals surface area contributed by atoms with Crippen LogP contribution >= 0.6 is 0 Å². The van der Waals surface area contributed by atoms with Gasteiger partial charge in [-0.15, -0.1) is 23.8 Å². The molecule has 6 heteroatoms. The summed E-state index contributed by atoms with van der Waals surface area (Å²) in [6.07, 6.45) is 1.83. The fourth-order valence-corrected chi connectivity index (χ4v) is 8.18. The quantitative estimate of drug-likeness (QED) is 0.169. The van der Waals surface area contributed by atoms with Gasteiger partial charge in [-0.05, 0) is 52.2 Å². The third-order valence-corrected chi connectivity index (χ3v) is 10.8. The molecular formula is C52H32N3O2Pt-. The van der Waals surface area contributed by atoms with Gasteiger partial charge in [-0.25, -0.2) is 4.98 Å². The molecule has 0 saturated heterocycles. The van der Waals surface area contributed by atoms with Gasteiger partial charge >= 0.3 is 0 Å². The predicted molar refractivity (Wildman–Crippen MR) is 231 cm³/mol. The van der Waals surface area contributed by atoms with Crippen LogP contribution in [0.4, 0.5) is 0 Å². The van der Waals surface area contributed by atoms with Crippen LogP contribution in [0.5, 0.6) is 5.75 Å². The third kappa shape index (κ3) is 5.91. The van der Waals surface area contributed by atoms with E-state index in [1.807, 2.05) is 48.7 Å². The maximum absolute atomic E-state index is 11.3. The van der Waals surface area contributed by atoms with Gasteiger partial charge in [0.25, 0.3) is 0 Å². The average molecular weight is 926 g/mol. The molecule has 1 N–H and O–H groups in total. The number of nitrogens with zero attached hydrogens (tertiary/aromatic N) is 3. The molecule has 278 valence electrons. The van der Waals surface area contributed by atoms with Gasteiger partial charge in [0.05, 0.1) is 28.5 Å². The van der Waals surface area contributed by atoms with Crippen molar-refractivity contribution in [3.63, 3.8) is 0 Å². The first-order valence-corrected chi connectivity index (χ1v) is 19.0. The van der Waals surface area contributed by atoms with E-state index < -0.39 is 0 Å². The summed E-state index contributed by atoms with van der Waals surface area (Å²) in [7, 11) is 0.